The molecule has 0 atom stereocenters. The zero-order valence-electron chi connectivity index (χ0n) is 18.7. The maximum atomic E-state index is 3.48. The van der Waals surface area contributed by atoms with Gasteiger partial charge in [-0.3, -0.25) is 0 Å². The van der Waals surface area contributed by atoms with E-state index in [2.05, 4.69) is 112 Å². The molecule has 0 saturated heterocycles. The molecule has 4 nitrogen and oxygen atoms in total. The van der Waals surface area contributed by atoms with Gasteiger partial charge in [0.2, 0.25) is 0 Å². The molecule has 0 bridgehead atoms. The lowest BCUT2D eigenvalue weighted by Crippen LogP contribution is -2.73. The number of hydrogen-bond donors (Lipinski definition) is 4. The Morgan fingerprint density at radius 2 is 0.706 bits per heavy atom. The quantitative estimate of drug-likeness (QED) is 0.246. The minimum Gasteiger partial charge on any atom is -0.356 e. The SMILES string of the molecule is c1ccc(Nc2ccc([NH+]c3cccc([NH+]c4ccc(Nc5ccccc5)cc4)c3)cc2)cc1. The molecule has 0 spiro atoms. The highest BCUT2D eigenvalue weighted by Crippen LogP contribution is 2.19. The largest absolute Gasteiger partial charge is 0.356 e. The first-order valence-electron chi connectivity index (χ1n) is 11.3. The molecule has 5 aromatic carbocycles. The molecule has 2 radical (unpaired) electrons. The summed E-state index contributed by atoms with van der Waals surface area (Å²) in [5, 5.41) is 13.8. The number of rotatable bonds is 8. The maximum Gasteiger partial charge on any atom is 0.190 e. The third-order valence-corrected chi connectivity index (χ3v) is 5.33. The maximum absolute atomic E-state index is 3.48. The van der Waals surface area contributed by atoms with Crippen LogP contribution in [-0.2, 0) is 0 Å². The van der Waals surface area contributed by atoms with Crippen molar-refractivity contribution in [3.05, 3.63) is 133 Å². The Hall–Kier alpha value is -4.38. The third kappa shape index (κ3) is 5.90. The van der Waals surface area contributed by atoms with Gasteiger partial charge in [-0.2, -0.15) is 0 Å². The van der Waals surface area contributed by atoms with Gasteiger partial charge in [0.25, 0.3) is 0 Å². The van der Waals surface area contributed by atoms with E-state index in [-0.39, 0.29) is 0 Å². The van der Waals surface area contributed by atoms with Gasteiger partial charge in [-0.1, -0.05) is 42.5 Å². The summed E-state index contributed by atoms with van der Waals surface area (Å²) in [6.07, 6.45) is 0. The van der Waals surface area contributed by atoms with Crippen molar-refractivity contribution >= 4 is 45.5 Å². The summed E-state index contributed by atoms with van der Waals surface area (Å²) in [6.45, 7) is 0. The van der Waals surface area contributed by atoms with Crippen LogP contribution in [0.3, 0.4) is 0 Å². The Morgan fingerprint density at radius 1 is 0.324 bits per heavy atom. The average molecular weight is 443 g/mol. The van der Waals surface area contributed by atoms with E-state index in [4.69, 9.17) is 0 Å². The van der Waals surface area contributed by atoms with Crippen LogP contribution >= 0.6 is 0 Å². The van der Waals surface area contributed by atoms with Gasteiger partial charge in [-0.25, -0.2) is 0 Å². The Balaban J connectivity index is 1.20. The van der Waals surface area contributed by atoms with Crippen molar-refractivity contribution in [1.29, 1.82) is 0 Å². The molecular weight excluding hydrogens is 416 g/mol. The third-order valence-electron chi connectivity index (χ3n) is 5.33. The molecule has 0 heterocycles. The molecule has 0 amide bonds. The summed E-state index contributed by atoms with van der Waals surface area (Å²) in [6, 6.07) is 45.2. The van der Waals surface area contributed by atoms with Crippen LogP contribution in [-0.4, -0.2) is 0 Å². The fourth-order valence-corrected chi connectivity index (χ4v) is 3.66. The van der Waals surface area contributed by atoms with Gasteiger partial charge in [0.1, 0.15) is 0 Å². The minimum absolute atomic E-state index is 1.02. The van der Waals surface area contributed by atoms with Gasteiger partial charge < -0.3 is 10.6 Å². The van der Waals surface area contributed by atoms with Crippen molar-refractivity contribution in [2.24, 2.45) is 0 Å². The molecule has 0 aliphatic carbocycles. The zero-order chi connectivity index (χ0) is 23.0. The lowest BCUT2D eigenvalue weighted by Gasteiger charge is -2.06. The second-order valence-electron chi connectivity index (χ2n) is 7.97. The summed E-state index contributed by atoms with van der Waals surface area (Å²) in [5.74, 6) is 0. The highest BCUT2D eigenvalue weighted by atomic mass is 14.9. The Morgan fingerprint density at radius 3 is 1.12 bits per heavy atom. The molecule has 4 N–H and O–H groups in total. The normalized spacial score (nSPS) is 10.6. The molecule has 0 aliphatic heterocycles. The van der Waals surface area contributed by atoms with Crippen LogP contribution in [0.4, 0.5) is 45.5 Å². The summed E-state index contributed by atoms with van der Waals surface area (Å²) in [7, 11) is 0. The molecule has 164 valence electrons. The van der Waals surface area contributed by atoms with Crippen molar-refractivity contribution < 1.29 is 10.6 Å². The number of para-hydroxylation sites is 2. The van der Waals surface area contributed by atoms with E-state index in [1.165, 1.54) is 0 Å². The fraction of sp³-hybridized carbons (Fsp3) is 0. The van der Waals surface area contributed by atoms with Crippen LogP contribution in [0.25, 0.3) is 0 Å². The van der Waals surface area contributed by atoms with Gasteiger partial charge in [0.15, 0.2) is 22.7 Å². The first-order valence-corrected chi connectivity index (χ1v) is 11.3. The van der Waals surface area contributed by atoms with Gasteiger partial charge in [-0.15, -0.1) is 10.6 Å². The highest BCUT2D eigenvalue weighted by molar-refractivity contribution is 5.62. The van der Waals surface area contributed by atoms with Crippen molar-refractivity contribution in [3.63, 3.8) is 0 Å². The first kappa shape index (κ1) is 21.5. The standard InChI is InChI=1S/C30H26N4/c1-3-8-23(9-4-1)31-25-14-18-27(19-15-25)33-29-12-7-13-30(22-29)34-28-20-16-26(17-21-28)32-24-10-5-2-6-11-24/h1-22,31-34H/q+2. The highest BCUT2D eigenvalue weighted by Gasteiger charge is 2.12. The molecule has 0 saturated carbocycles. The van der Waals surface area contributed by atoms with E-state index >= 15 is 0 Å². The molecule has 34 heavy (non-hydrogen) atoms. The molecule has 0 aliphatic rings. The van der Waals surface area contributed by atoms with Crippen molar-refractivity contribution in [2.45, 2.75) is 0 Å². The second-order valence-corrected chi connectivity index (χ2v) is 7.97. The molecule has 4 heteroatoms. The van der Waals surface area contributed by atoms with E-state index in [1.54, 1.807) is 0 Å². The molecule has 0 fully saturated rings. The van der Waals surface area contributed by atoms with E-state index < -0.39 is 0 Å². The minimum atomic E-state index is 1.02. The lowest BCUT2D eigenvalue weighted by molar-refractivity contribution is -0.487. The van der Waals surface area contributed by atoms with Crippen LogP contribution < -0.4 is 21.3 Å². The Kier molecular flexibility index (Phi) is 6.62. The Bertz CT molecular complexity index is 1210. The number of anilines is 8. The van der Waals surface area contributed by atoms with Crippen LogP contribution in [0.5, 0.6) is 0 Å². The summed E-state index contributed by atoms with van der Waals surface area (Å²) < 4.78 is 0. The second kappa shape index (κ2) is 10.5. The van der Waals surface area contributed by atoms with Crippen LogP contribution in [0.15, 0.2) is 133 Å². The van der Waals surface area contributed by atoms with Crippen LogP contribution in [0.2, 0.25) is 0 Å². The average Bonchev–Trinajstić information content (AvgIpc) is 2.88. The monoisotopic (exact) mass is 442 g/mol. The predicted molar refractivity (Wildman–Crippen MR) is 139 cm³/mol. The zero-order valence-corrected chi connectivity index (χ0v) is 18.7. The number of nitrogens with one attached hydrogen (secondary N) is 4. The Labute approximate surface area is 200 Å². The van der Waals surface area contributed by atoms with Crippen molar-refractivity contribution in [1.82, 2.24) is 0 Å². The van der Waals surface area contributed by atoms with E-state index in [0.717, 1.165) is 45.5 Å². The summed E-state index contributed by atoms with van der Waals surface area (Å²) >= 11 is 0. The predicted octanol–water partition coefficient (Wildman–Crippen LogP) is 5.80. The topological polar surface area (TPSA) is 55.3 Å². The molecule has 5 aromatic rings. The first-order chi connectivity index (χ1) is 16.8. The van der Waals surface area contributed by atoms with Crippen molar-refractivity contribution in [2.75, 3.05) is 10.6 Å². The summed E-state index contributed by atoms with van der Waals surface area (Å²) in [5.41, 5.74) is 8.37. The molecule has 0 unspecified atom stereocenters. The summed E-state index contributed by atoms with van der Waals surface area (Å²) in [4.78, 5) is 0. The lowest BCUT2D eigenvalue weighted by atomic mass is 10.2. The van der Waals surface area contributed by atoms with Crippen LogP contribution in [0, 0.1) is 0 Å². The molecular formula is C30H26N4+2. The fourth-order valence-electron chi connectivity index (χ4n) is 3.66. The van der Waals surface area contributed by atoms with Crippen LogP contribution in [0.1, 0.15) is 0 Å². The molecule has 0 aromatic heterocycles. The van der Waals surface area contributed by atoms with E-state index in [9.17, 15) is 0 Å². The molecule has 5 rings (SSSR count). The van der Waals surface area contributed by atoms with Gasteiger partial charge in [-0.05, 0) is 48.5 Å². The van der Waals surface area contributed by atoms with Crippen molar-refractivity contribution in [3.8, 4) is 0 Å². The van der Waals surface area contributed by atoms with Gasteiger partial charge in [0, 0.05) is 59.1 Å². The van der Waals surface area contributed by atoms with Gasteiger partial charge in [0.05, 0.1) is 6.07 Å². The smallest absolute Gasteiger partial charge is 0.190 e. The van der Waals surface area contributed by atoms with Gasteiger partial charge >= 0.3 is 0 Å². The number of hydrogen-bond acceptors (Lipinski definition) is 4. The van der Waals surface area contributed by atoms with E-state index in [0.29, 0.717) is 0 Å². The van der Waals surface area contributed by atoms with E-state index in [1.807, 2.05) is 42.5 Å². The number of benzene rings is 5.